The second kappa shape index (κ2) is 7.65. The van der Waals surface area contributed by atoms with E-state index in [1.165, 1.54) is 0 Å². The molecule has 19 heavy (non-hydrogen) atoms. The third kappa shape index (κ3) is 5.33. The van der Waals surface area contributed by atoms with E-state index in [0.717, 1.165) is 31.2 Å². The molecule has 0 spiro atoms. The van der Waals surface area contributed by atoms with Crippen LogP contribution >= 0.6 is 0 Å². The van der Waals surface area contributed by atoms with Gasteiger partial charge in [0.1, 0.15) is 0 Å². The fraction of sp³-hybridized carbons (Fsp3) is 0.600. The summed E-state index contributed by atoms with van der Waals surface area (Å²) in [6, 6.07) is 6.73. The van der Waals surface area contributed by atoms with Crippen molar-refractivity contribution >= 4 is 10.1 Å². The van der Waals surface area contributed by atoms with E-state index in [0.29, 0.717) is 5.92 Å². The monoisotopic (exact) mass is 284 g/mol. The first-order valence-corrected chi connectivity index (χ1v) is 8.36. The molecule has 0 atom stereocenters. The Morgan fingerprint density at radius 2 is 1.68 bits per heavy atom. The summed E-state index contributed by atoms with van der Waals surface area (Å²) in [5, 5.41) is 0. The molecule has 0 saturated heterocycles. The molecule has 0 amide bonds. The standard InChI is InChI=1S/C15H24O3S/c1-4-14(5-2)7-6-12-18-19(16,17)15-10-8-13(3)9-11-15/h8-11,14H,4-7,12H2,1-3H3. The van der Waals surface area contributed by atoms with Crippen LogP contribution in [0.4, 0.5) is 0 Å². The summed E-state index contributed by atoms with van der Waals surface area (Å²) in [6.45, 7) is 6.52. The van der Waals surface area contributed by atoms with Crippen LogP contribution in [0.25, 0.3) is 0 Å². The lowest BCUT2D eigenvalue weighted by molar-refractivity contribution is 0.291. The van der Waals surface area contributed by atoms with Gasteiger partial charge in [-0.25, -0.2) is 0 Å². The third-order valence-electron chi connectivity index (χ3n) is 3.46. The van der Waals surface area contributed by atoms with Gasteiger partial charge in [0.05, 0.1) is 11.5 Å². The molecular formula is C15H24O3S. The first kappa shape index (κ1) is 16.2. The quantitative estimate of drug-likeness (QED) is 0.537. The number of hydrogen-bond donors (Lipinski definition) is 0. The SMILES string of the molecule is CCC(CC)CCCOS(=O)(=O)c1ccc(C)cc1. The fourth-order valence-electron chi connectivity index (χ4n) is 2.01. The topological polar surface area (TPSA) is 43.4 Å². The molecule has 0 radical (unpaired) electrons. The summed E-state index contributed by atoms with van der Waals surface area (Å²) in [5.41, 5.74) is 1.03. The highest BCUT2D eigenvalue weighted by molar-refractivity contribution is 7.86. The smallest absolute Gasteiger partial charge is 0.266 e. The first-order chi connectivity index (χ1) is 8.99. The molecule has 0 N–H and O–H groups in total. The first-order valence-electron chi connectivity index (χ1n) is 6.95. The van der Waals surface area contributed by atoms with Gasteiger partial charge in [-0.3, -0.25) is 4.18 Å². The Balaban J connectivity index is 2.45. The van der Waals surface area contributed by atoms with E-state index in [9.17, 15) is 8.42 Å². The summed E-state index contributed by atoms with van der Waals surface area (Å²) in [7, 11) is -3.59. The van der Waals surface area contributed by atoms with Crippen molar-refractivity contribution in [2.45, 2.75) is 51.3 Å². The van der Waals surface area contributed by atoms with Crippen LogP contribution in [0.3, 0.4) is 0 Å². The van der Waals surface area contributed by atoms with Gasteiger partial charge in [-0.1, -0.05) is 44.4 Å². The molecule has 0 aromatic heterocycles. The van der Waals surface area contributed by atoms with Crippen LogP contribution in [0.2, 0.25) is 0 Å². The van der Waals surface area contributed by atoms with Gasteiger partial charge in [0.2, 0.25) is 0 Å². The van der Waals surface area contributed by atoms with Gasteiger partial charge in [-0.05, 0) is 37.8 Å². The number of aryl methyl sites for hydroxylation is 1. The number of rotatable bonds is 8. The molecule has 0 unspecified atom stereocenters. The van der Waals surface area contributed by atoms with Gasteiger partial charge in [0.25, 0.3) is 10.1 Å². The highest BCUT2D eigenvalue weighted by atomic mass is 32.2. The Kier molecular flexibility index (Phi) is 6.52. The van der Waals surface area contributed by atoms with Crippen molar-refractivity contribution in [1.82, 2.24) is 0 Å². The predicted octanol–water partition coefficient (Wildman–Crippen LogP) is 3.92. The minimum atomic E-state index is -3.59. The maximum Gasteiger partial charge on any atom is 0.296 e. The molecule has 0 aliphatic rings. The van der Waals surface area contributed by atoms with Gasteiger partial charge < -0.3 is 0 Å². The Morgan fingerprint density at radius 1 is 1.11 bits per heavy atom. The highest BCUT2D eigenvalue weighted by Gasteiger charge is 2.14. The normalized spacial score (nSPS) is 12.0. The number of hydrogen-bond acceptors (Lipinski definition) is 3. The van der Waals surface area contributed by atoms with E-state index in [4.69, 9.17) is 4.18 Å². The van der Waals surface area contributed by atoms with Crippen LogP contribution < -0.4 is 0 Å². The van der Waals surface area contributed by atoms with Crippen molar-refractivity contribution in [3.05, 3.63) is 29.8 Å². The van der Waals surface area contributed by atoms with Crippen LogP contribution in [0, 0.1) is 12.8 Å². The lowest BCUT2D eigenvalue weighted by Gasteiger charge is -2.11. The maximum absolute atomic E-state index is 11.9. The molecule has 0 heterocycles. The Morgan fingerprint density at radius 3 is 2.21 bits per heavy atom. The Labute approximate surface area is 117 Å². The Bertz CT molecular complexity index is 459. The van der Waals surface area contributed by atoms with E-state index in [2.05, 4.69) is 13.8 Å². The summed E-state index contributed by atoms with van der Waals surface area (Å²) < 4.78 is 28.9. The maximum atomic E-state index is 11.9. The van der Waals surface area contributed by atoms with Crippen molar-refractivity contribution in [2.24, 2.45) is 5.92 Å². The average Bonchev–Trinajstić information content (AvgIpc) is 2.39. The van der Waals surface area contributed by atoms with Crippen LogP contribution in [-0.2, 0) is 14.3 Å². The van der Waals surface area contributed by atoms with Crippen LogP contribution in [0.1, 0.15) is 45.1 Å². The highest BCUT2D eigenvalue weighted by Crippen LogP contribution is 2.17. The molecule has 1 rings (SSSR count). The minimum absolute atomic E-state index is 0.237. The molecule has 108 valence electrons. The fourth-order valence-corrected chi connectivity index (χ4v) is 2.95. The molecule has 0 fully saturated rings. The molecule has 1 aromatic rings. The van der Waals surface area contributed by atoms with Crippen molar-refractivity contribution in [1.29, 1.82) is 0 Å². The number of benzene rings is 1. The summed E-state index contributed by atoms with van der Waals surface area (Å²) >= 11 is 0. The van der Waals surface area contributed by atoms with E-state index >= 15 is 0 Å². The second-order valence-electron chi connectivity index (χ2n) is 4.91. The molecule has 0 saturated carbocycles. The molecule has 0 aliphatic carbocycles. The molecule has 4 heteroatoms. The third-order valence-corrected chi connectivity index (χ3v) is 4.79. The van der Waals surface area contributed by atoms with Crippen molar-refractivity contribution in [3.8, 4) is 0 Å². The molecule has 3 nitrogen and oxygen atoms in total. The van der Waals surface area contributed by atoms with E-state index in [1.807, 2.05) is 6.92 Å². The molecular weight excluding hydrogens is 260 g/mol. The minimum Gasteiger partial charge on any atom is -0.266 e. The van der Waals surface area contributed by atoms with Crippen LogP contribution in [0.15, 0.2) is 29.2 Å². The summed E-state index contributed by atoms with van der Waals surface area (Å²) in [4.78, 5) is 0.237. The zero-order valence-electron chi connectivity index (χ0n) is 12.1. The van der Waals surface area contributed by atoms with Crippen LogP contribution in [-0.4, -0.2) is 15.0 Å². The van der Waals surface area contributed by atoms with Gasteiger partial charge in [0.15, 0.2) is 0 Å². The Hall–Kier alpha value is -0.870. The summed E-state index contributed by atoms with van der Waals surface area (Å²) in [6.07, 6.45) is 4.09. The molecule has 1 aromatic carbocycles. The predicted molar refractivity (Wildman–Crippen MR) is 77.6 cm³/mol. The van der Waals surface area contributed by atoms with Crippen LogP contribution in [0.5, 0.6) is 0 Å². The van der Waals surface area contributed by atoms with Gasteiger partial charge in [0, 0.05) is 0 Å². The zero-order valence-corrected chi connectivity index (χ0v) is 12.9. The molecule has 0 bridgehead atoms. The summed E-state index contributed by atoms with van der Waals surface area (Å²) in [5.74, 6) is 0.672. The molecule has 0 aliphatic heterocycles. The van der Waals surface area contributed by atoms with E-state index in [-0.39, 0.29) is 11.5 Å². The van der Waals surface area contributed by atoms with Crippen molar-refractivity contribution in [3.63, 3.8) is 0 Å². The zero-order chi connectivity index (χ0) is 14.3. The lowest BCUT2D eigenvalue weighted by atomic mass is 9.98. The van der Waals surface area contributed by atoms with E-state index < -0.39 is 10.1 Å². The van der Waals surface area contributed by atoms with Gasteiger partial charge in [-0.2, -0.15) is 8.42 Å². The van der Waals surface area contributed by atoms with Gasteiger partial charge >= 0.3 is 0 Å². The largest absolute Gasteiger partial charge is 0.296 e. The van der Waals surface area contributed by atoms with Crippen molar-refractivity contribution < 1.29 is 12.6 Å². The van der Waals surface area contributed by atoms with Crippen molar-refractivity contribution in [2.75, 3.05) is 6.61 Å². The average molecular weight is 284 g/mol. The van der Waals surface area contributed by atoms with E-state index in [1.54, 1.807) is 24.3 Å². The lowest BCUT2D eigenvalue weighted by Crippen LogP contribution is -2.09. The van der Waals surface area contributed by atoms with Gasteiger partial charge in [-0.15, -0.1) is 0 Å². The second-order valence-corrected chi connectivity index (χ2v) is 6.53.